The van der Waals surface area contributed by atoms with Crippen LogP contribution in [0.25, 0.3) is 0 Å². The summed E-state index contributed by atoms with van der Waals surface area (Å²) >= 11 is 0. The van der Waals surface area contributed by atoms with Crippen LogP contribution >= 0.6 is 0 Å². The van der Waals surface area contributed by atoms with Crippen LogP contribution in [0.5, 0.6) is 0 Å². The van der Waals surface area contributed by atoms with E-state index in [1.165, 1.54) is 6.26 Å². The van der Waals surface area contributed by atoms with Crippen LogP contribution in [0.1, 0.15) is 6.92 Å². The summed E-state index contributed by atoms with van der Waals surface area (Å²) in [5.74, 6) is 0. The number of ether oxygens (including phenoxy) is 4. The van der Waals surface area contributed by atoms with E-state index in [0.29, 0.717) is 39.6 Å². The highest BCUT2D eigenvalue weighted by Crippen LogP contribution is 1.92. The molecule has 0 bridgehead atoms. The molecule has 0 aromatic carbocycles. The molecular weight excluding hydrogens is 196 g/mol. The van der Waals surface area contributed by atoms with Crippen molar-refractivity contribution in [2.45, 2.75) is 13.0 Å². The lowest BCUT2D eigenvalue weighted by molar-refractivity contribution is -0.0221. The summed E-state index contributed by atoms with van der Waals surface area (Å²) in [7, 11) is 0. The Morgan fingerprint density at radius 3 is 2.47 bits per heavy atom. The van der Waals surface area contributed by atoms with Gasteiger partial charge in [0.2, 0.25) is 0 Å². The highest BCUT2D eigenvalue weighted by molar-refractivity contribution is 4.53. The molecule has 0 aliphatic carbocycles. The van der Waals surface area contributed by atoms with Crippen molar-refractivity contribution in [3.8, 4) is 0 Å². The zero-order valence-corrected chi connectivity index (χ0v) is 9.44. The van der Waals surface area contributed by atoms with Crippen molar-refractivity contribution in [2.75, 3.05) is 39.6 Å². The Labute approximate surface area is 92.2 Å². The molecular formula is C11H21O4. The molecule has 0 amide bonds. The van der Waals surface area contributed by atoms with Gasteiger partial charge in [0.05, 0.1) is 38.8 Å². The molecule has 0 aromatic rings. The van der Waals surface area contributed by atoms with Crippen molar-refractivity contribution in [1.82, 2.24) is 0 Å². The fourth-order valence-electron chi connectivity index (χ4n) is 0.882. The van der Waals surface area contributed by atoms with E-state index in [2.05, 4.69) is 13.5 Å². The first-order chi connectivity index (χ1) is 7.31. The van der Waals surface area contributed by atoms with Crippen LogP contribution in [0.2, 0.25) is 0 Å². The van der Waals surface area contributed by atoms with E-state index < -0.39 is 0 Å². The molecule has 1 radical (unpaired) electrons. The summed E-state index contributed by atoms with van der Waals surface area (Å²) < 4.78 is 20.6. The second kappa shape index (κ2) is 11.5. The normalized spacial score (nSPS) is 12.4. The second-order valence-electron chi connectivity index (χ2n) is 2.91. The van der Waals surface area contributed by atoms with E-state index in [0.717, 1.165) is 0 Å². The van der Waals surface area contributed by atoms with Gasteiger partial charge in [0.25, 0.3) is 0 Å². The highest BCUT2D eigenvalue weighted by atomic mass is 16.6. The van der Waals surface area contributed by atoms with E-state index in [4.69, 9.17) is 18.9 Å². The first-order valence-electron chi connectivity index (χ1n) is 5.10. The molecule has 0 saturated heterocycles. The van der Waals surface area contributed by atoms with Crippen LogP contribution in [-0.2, 0) is 18.9 Å². The average molecular weight is 217 g/mol. The number of rotatable bonds is 11. The Hall–Kier alpha value is -0.580. The number of hydrogen-bond acceptors (Lipinski definition) is 4. The average Bonchev–Trinajstić information content (AvgIpc) is 2.25. The highest BCUT2D eigenvalue weighted by Gasteiger charge is 2.00. The van der Waals surface area contributed by atoms with Crippen LogP contribution in [-0.4, -0.2) is 45.7 Å². The van der Waals surface area contributed by atoms with Crippen molar-refractivity contribution in [3.05, 3.63) is 19.8 Å². The van der Waals surface area contributed by atoms with Gasteiger partial charge in [0, 0.05) is 6.61 Å². The predicted octanol–water partition coefficient (Wildman–Crippen LogP) is 1.42. The fraction of sp³-hybridized carbons (Fsp3) is 0.727. The minimum absolute atomic E-state index is 0.0580. The van der Waals surface area contributed by atoms with Gasteiger partial charge in [-0.05, 0) is 13.8 Å². The molecule has 0 spiro atoms. The topological polar surface area (TPSA) is 36.9 Å². The summed E-state index contributed by atoms with van der Waals surface area (Å²) in [5, 5.41) is 0. The summed E-state index contributed by atoms with van der Waals surface area (Å²) in [6, 6.07) is 0. The third-order valence-corrected chi connectivity index (χ3v) is 1.60. The SMILES string of the molecule is [CH2]COCCOCCOC(C)COC=C. The minimum atomic E-state index is 0.0580. The van der Waals surface area contributed by atoms with E-state index in [9.17, 15) is 0 Å². The summed E-state index contributed by atoms with van der Waals surface area (Å²) in [5.41, 5.74) is 0. The van der Waals surface area contributed by atoms with E-state index in [1.807, 2.05) is 6.92 Å². The maximum absolute atomic E-state index is 5.40. The number of hydrogen-bond donors (Lipinski definition) is 0. The first kappa shape index (κ1) is 14.4. The molecule has 15 heavy (non-hydrogen) atoms. The van der Waals surface area contributed by atoms with Crippen molar-refractivity contribution in [1.29, 1.82) is 0 Å². The molecule has 0 fully saturated rings. The standard InChI is InChI=1S/C11H21O4/c1-4-12-6-7-14-8-9-15-11(3)10-13-5-2/h5,11H,1-2,4,6-10H2,3H3. The lowest BCUT2D eigenvalue weighted by Gasteiger charge is -2.12. The van der Waals surface area contributed by atoms with Gasteiger partial charge in [0.1, 0.15) is 6.61 Å². The third-order valence-electron chi connectivity index (χ3n) is 1.60. The van der Waals surface area contributed by atoms with Crippen LogP contribution in [0.4, 0.5) is 0 Å². The molecule has 0 N–H and O–H groups in total. The Morgan fingerprint density at radius 1 is 1.13 bits per heavy atom. The minimum Gasteiger partial charge on any atom is -0.499 e. The molecule has 0 saturated carbocycles. The second-order valence-corrected chi connectivity index (χ2v) is 2.91. The van der Waals surface area contributed by atoms with Gasteiger partial charge in [-0.25, -0.2) is 0 Å². The van der Waals surface area contributed by atoms with E-state index in [-0.39, 0.29) is 6.10 Å². The molecule has 0 aliphatic rings. The molecule has 4 heteroatoms. The van der Waals surface area contributed by atoms with Crippen molar-refractivity contribution in [3.63, 3.8) is 0 Å². The van der Waals surface area contributed by atoms with Crippen LogP contribution in [0, 0.1) is 6.92 Å². The summed E-state index contributed by atoms with van der Waals surface area (Å²) in [6.45, 7) is 12.2. The quantitative estimate of drug-likeness (QED) is 0.387. The van der Waals surface area contributed by atoms with Crippen LogP contribution in [0.15, 0.2) is 12.8 Å². The van der Waals surface area contributed by atoms with Gasteiger partial charge in [-0.15, -0.1) is 0 Å². The molecule has 0 heterocycles. The molecule has 1 unspecified atom stereocenters. The third kappa shape index (κ3) is 11.3. The lowest BCUT2D eigenvalue weighted by Crippen LogP contribution is -2.18. The first-order valence-corrected chi connectivity index (χ1v) is 5.10. The Balaban J connectivity index is 3.05. The Bertz CT molecular complexity index is 139. The zero-order chi connectivity index (χ0) is 11.4. The Morgan fingerprint density at radius 2 is 1.80 bits per heavy atom. The largest absolute Gasteiger partial charge is 0.499 e. The summed E-state index contributed by atoms with van der Waals surface area (Å²) in [4.78, 5) is 0. The van der Waals surface area contributed by atoms with E-state index >= 15 is 0 Å². The van der Waals surface area contributed by atoms with Gasteiger partial charge in [-0.2, -0.15) is 0 Å². The van der Waals surface area contributed by atoms with Gasteiger partial charge in [0.15, 0.2) is 0 Å². The van der Waals surface area contributed by atoms with E-state index in [1.54, 1.807) is 0 Å². The predicted molar refractivity (Wildman–Crippen MR) is 58.6 cm³/mol. The van der Waals surface area contributed by atoms with Gasteiger partial charge in [-0.1, -0.05) is 6.58 Å². The summed E-state index contributed by atoms with van der Waals surface area (Å²) in [6.07, 6.45) is 1.47. The monoisotopic (exact) mass is 217 g/mol. The Kier molecular flexibility index (Phi) is 11.1. The maximum atomic E-state index is 5.40. The fourth-order valence-corrected chi connectivity index (χ4v) is 0.882. The van der Waals surface area contributed by atoms with Crippen LogP contribution in [0.3, 0.4) is 0 Å². The van der Waals surface area contributed by atoms with Gasteiger partial charge < -0.3 is 18.9 Å². The zero-order valence-electron chi connectivity index (χ0n) is 9.44. The van der Waals surface area contributed by atoms with Crippen molar-refractivity contribution < 1.29 is 18.9 Å². The molecule has 0 rings (SSSR count). The van der Waals surface area contributed by atoms with Crippen LogP contribution < -0.4 is 0 Å². The van der Waals surface area contributed by atoms with Gasteiger partial charge in [-0.3, -0.25) is 0 Å². The van der Waals surface area contributed by atoms with Crippen molar-refractivity contribution in [2.24, 2.45) is 0 Å². The smallest absolute Gasteiger partial charge is 0.113 e. The lowest BCUT2D eigenvalue weighted by atomic mass is 10.4. The molecule has 0 aromatic heterocycles. The molecule has 1 atom stereocenters. The molecule has 4 nitrogen and oxygen atoms in total. The van der Waals surface area contributed by atoms with Gasteiger partial charge >= 0.3 is 0 Å². The van der Waals surface area contributed by atoms with Crippen molar-refractivity contribution >= 4 is 0 Å². The maximum Gasteiger partial charge on any atom is 0.113 e. The molecule has 0 aliphatic heterocycles. The molecule has 89 valence electrons.